The van der Waals surface area contributed by atoms with Crippen molar-refractivity contribution in [2.45, 2.75) is 33.1 Å². The Kier molecular flexibility index (Phi) is 6.02. The normalized spacial score (nSPS) is 10.1. The Bertz CT molecular complexity index is 333. The molecule has 0 amide bonds. The average molecular weight is 240 g/mol. The third-order valence-electron chi connectivity index (χ3n) is 2.08. The van der Waals surface area contributed by atoms with Crippen LogP contribution >= 0.6 is 0 Å². The zero-order chi connectivity index (χ0) is 12.5. The predicted molar refractivity (Wildman–Crippen MR) is 66.8 cm³/mol. The first-order valence-corrected chi connectivity index (χ1v) is 5.89. The summed E-state index contributed by atoms with van der Waals surface area (Å²) in [5.74, 6) is 6.05. The SMILES string of the molecule is CCCCCNc1nc(NN)nc(OCC)n1. The number of aromatic nitrogens is 3. The van der Waals surface area contributed by atoms with Crippen LogP contribution < -0.4 is 21.3 Å². The van der Waals surface area contributed by atoms with E-state index >= 15 is 0 Å². The number of rotatable bonds is 8. The Labute approximate surface area is 101 Å². The van der Waals surface area contributed by atoms with E-state index in [4.69, 9.17) is 10.6 Å². The third kappa shape index (κ3) is 4.81. The fourth-order valence-electron chi connectivity index (χ4n) is 1.27. The molecule has 0 saturated heterocycles. The second kappa shape index (κ2) is 7.61. The van der Waals surface area contributed by atoms with Crippen LogP contribution in [0, 0.1) is 0 Å². The third-order valence-corrected chi connectivity index (χ3v) is 2.08. The Morgan fingerprint density at radius 3 is 2.53 bits per heavy atom. The molecule has 17 heavy (non-hydrogen) atoms. The minimum absolute atomic E-state index is 0.272. The summed E-state index contributed by atoms with van der Waals surface area (Å²) in [5.41, 5.74) is 2.39. The van der Waals surface area contributed by atoms with Crippen molar-refractivity contribution < 1.29 is 4.74 Å². The Morgan fingerprint density at radius 2 is 1.88 bits per heavy atom. The number of nitrogens with zero attached hydrogens (tertiary/aromatic N) is 3. The largest absolute Gasteiger partial charge is 0.464 e. The minimum atomic E-state index is 0.272. The highest BCUT2D eigenvalue weighted by Crippen LogP contribution is 2.10. The van der Waals surface area contributed by atoms with Crippen molar-refractivity contribution in [3.8, 4) is 6.01 Å². The molecule has 96 valence electrons. The predicted octanol–water partition coefficient (Wildman–Crippen LogP) is 1.16. The summed E-state index contributed by atoms with van der Waals surface area (Å²) in [7, 11) is 0. The highest BCUT2D eigenvalue weighted by Gasteiger charge is 2.05. The van der Waals surface area contributed by atoms with E-state index in [0.717, 1.165) is 13.0 Å². The summed E-state index contributed by atoms with van der Waals surface area (Å²) >= 11 is 0. The molecule has 0 fully saturated rings. The van der Waals surface area contributed by atoms with E-state index in [-0.39, 0.29) is 6.01 Å². The summed E-state index contributed by atoms with van der Waals surface area (Å²) in [6.45, 7) is 5.36. The lowest BCUT2D eigenvalue weighted by molar-refractivity contribution is 0.312. The number of nitrogens with two attached hydrogens (primary N) is 1. The standard InChI is InChI=1S/C10H20N6O/c1-3-5-6-7-12-8-13-9(16-11)15-10(14-8)17-4-2/h3-7,11H2,1-2H3,(H2,12,13,14,15,16). The molecule has 7 heteroatoms. The maximum atomic E-state index is 5.27. The van der Waals surface area contributed by atoms with E-state index in [1.54, 1.807) is 0 Å². The van der Waals surface area contributed by atoms with Gasteiger partial charge < -0.3 is 10.1 Å². The number of anilines is 2. The van der Waals surface area contributed by atoms with Crippen LogP contribution in [0.5, 0.6) is 6.01 Å². The Morgan fingerprint density at radius 1 is 1.12 bits per heavy atom. The van der Waals surface area contributed by atoms with Gasteiger partial charge in [-0.05, 0) is 13.3 Å². The molecule has 0 atom stereocenters. The van der Waals surface area contributed by atoms with Crippen LogP contribution in [0.2, 0.25) is 0 Å². The zero-order valence-electron chi connectivity index (χ0n) is 10.4. The summed E-state index contributed by atoms with van der Waals surface area (Å²) in [5, 5.41) is 3.12. The molecule has 1 rings (SSSR count). The summed E-state index contributed by atoms with van der Waals surface area (Å²) < 4.78 is 5.22. The minimum Gasteiger partial charge on any atom is -0.464 e. The lowest BCUT2D eigenvalue weighted by Crippen LogP contribution is -2.15. The summed E-state index contributed by atoms with van der Waals surface area (Å²) in [4.78, 5) is 12.2. The summed E-state index contributed by atoms with van der Waals surface area (Å²) in [6, 6.07) is 0.272. The van der Waals surface area contributed by atoms with E-state index < -0.39 is 0 Å². The first-order chi connectivity index (χ1) is 8.30. The average Bonchev–Trinajstić information content (AvgIpc) is 2.35. The molecule has 0 spiro atoms. The zero-order valence-corrected chi connectivity index (χ0v) is 10.4. The van der Waals surface area contributed by atoms with Crippen molar-refractivity contribution in [1.82, 2.24) is 15.0 Å². The van der Waals surface area contributed by atoms with Crippen molar-refractivity contribution in [2.24, 2.45) is 5.84 Å². The molecule has 0 aliphatic rings. The molecule has 1 aromatic rings. The molecule has 0 saturated carbocycles. The van der Waals surface area contributed by atoms with E-state index in [1.807, 2.05) is 6.92 Å². The molecule has 0 unspecified atom stereocenters. The Hall–Kier alpha value is -1.63. The van der Waals surface area contributed by atoms with Crippen molar-refractivity contribution in [2.75, 3.05) is 23.9 Å². The maximum Gasteiger partial charge on any atom is 0.323 e. The molecule has 0 bridgehead atoms. The van der Waals surface area contributed by atoms with Crippen molar-refractivity contribution >= 4 is 11.9 Å². The lowest BCUT2D eigenvalue weighted by Gasteiger charge is -2.08. The van der Waals surface area contributed by atoms with E-state index in [2.05, 4.69) is 32.6 Å². The molecule has 0 aliphatic heterocycles. The van der Waals surface area contributed by atoms with Gasteiger partial charge in [0, 0.05) is 6.54 Å². The monoisotopic (exact) mass is 240 g/mol. The van der Waals surface area contributed by atoms with Crippen molar-refractivity contribution in [3.63, 3.8) is 0 Å². The molecule has 0 aliphatic carbocycles. The van der Waals surface area contributed by atoms with Gasteiger partial charge in [-0.15, -0.1) is 0 Å². The van der Waals surface area contributed by atoms with Crippen LogP contribution in [0.3, 0.4) is 0 Å². The number of hydrogen-bond acceptors (Lipinski definition) is 7. The van der Waals surface area contributed by atoms with Gasteiger partial charge in [0.05, 0.1) is 6.61 Å². The molecule has 0 radical (unpaired) electrons. The number of hydrazine groups is 1. The molecule has 0 aromatic carbocycles. The number of hydrogen-bond donors (Lipinski definition) is 3. The van der Waals surface area contributed by atoms with Crippen LogP contribution in [0.4, 0.5) is 11.9 Å². The van der Waals surface area contributed by atoms with Gasteiger partial charge in [-0.3, -0.25) is 5.43 Å². The highest BCUT2D eigenvalue weighted by molar-refractivity contribution is 5.34. The lowest BCUT2D eigenvalue weighted by atomic mass is 10.2. The fourth-order valence-corrected chi connectivity index (χ4v) is 1.27. The number of nitrogen functional groups attached to an aromatic ring is 1. The van der Waals surface area contributed by atoms with Gasteiger partial charge in [-0.1, -0.05) is 19.8 Å². The first kappa shape index (κ1) is 13.4. The molecule has 4 N–H and O–H groups in total. The van der Waals surface area contributed by atoms with Gasteiger partial charge in [-0.2, -0.15) is 15.0 Å². The number of nitrogens with one attached hydrogen (secondary N) is 2. The molecule has 1 aromatic heterocycles. The smallest absolute Gasteiger partial charge is 0.323 e. The van der Waals surface area contributed by atoms with Crippen molar-refractivity contribution in [3.05, 3.63) is 0 Å². The molecule has 7 nitrogen and oxygen atoms in total. The number of unbranched alkanes of at least 4 members (excludes halogenated alkanes) is 2. The highest BCUT2D eigenvalue weighted by atomic mass is 16.5. The van der Waals surface area contributed by atoms with Crippen LogP contribution in [0.25, 0.3) is 0 Å². The van der Waals surface area contributed by atoms with Gasteiger partial charge in [-0.25, -0.2) is 5.84 Å². The molecular weight excluding hydrogens is 220 g/mol. The van der Waals surface area contributed by atoms with Crippen LogP contribution in [0.15, 0.2) is 0 Å². The number of ether oxygens (including phenoxy) is 1. The van der Waals surface area contributed by atoms with Crippen molar-refractivity contribution in [1.29, 1.82) is 0 Å². The topological polar surface area (TPSA) is 98.0 Å². The molecular formula is C10H20N6O. The second-order valence-electron chi connectivity index (χ2n) is 3.48. The van der Waals surface area contributed by atoms with Crippen LogP contribution in [-0.4, -0.2) is 28.1 Å². The van der Waals surface area contributed by atoms with Crippen LogP contribution in [0.1, 0.15) is 33.1 Å². The molecule has 1 heterocycles. The Balaban J connectivity index is 2.59. The van der Waals surface area contributed by atoms with Gasteiger partial charge in [0.25, 0.3) is 0 Å². The van der Waals surface area contributed by atoms with Gasteiger partial charge in [0.15, 0.2) is 0 Å². The maximum absolute atomic E-state index is 5.27. The second-order valence-corrected chi connectivity index (χ2v) is 3.48. The van der Waals surface area contributed by atoms with E-state index in [1.165, 1.54) is 12.8 Å². The van der Waals surface area contributed by atoms with Crippen LogP contribution in [-0.2, 0) is 0 Å². The summed E-state index contributed by atoms with van der Waals surface area (Å²) in [6.07, 6.45) is 3.44. The van der Waals surface area contributed by atoms with Gasteiger partial charge in [0.2, 0.25) is 11.9 Å². The first-order valence-electron chi connectivity index (χ1n) is 5.89. The van der Waals surface area contributed by atoms with E-state index in [0.29, 0.717) is 18.5 Å². The van der Waals surface area contributed by atoms with E-state index in [9.17, 15) is 0 Å². The fraction of sp³-hybridized carbons (Fsp3) is 0.700. The quantitative estimate of drug-likeness (QED) is 0.356. The van der Waals surface area contributed by atoms with Gasteiger partial charge >= 0.3 is 6.01 Å². The van der Waals surface area contributed by atoms with Gasteiger partial charge in [0.1, 0.15) is 0 Å².